The van der Waals surface area contributed by atoms with Gasteiger partial charge < -0.3 is 15.0 Å². The maximum absolute atomic E-state index is 14.5. The summed E-state index contributed by atoms with van der Waals surface area (Å²) in [5.41, 5.74) is 2.72. The number of benzene rings is 2. The van der Waals surface area contributed by atoms with E-state index in [9.17, 15) is 13.6 Å². The molecule has 174 valence electrons. The van der Waals surface area contributed by atoms with E-state index >= 15 is 0 Å². The molecule has 1 amide bonds. The van der Waals surface area contributed by atoms with Crippen LogP contribution in [0, 0.1) is 11.6 Å². The standard InChI is InChI=1S/C25H23F2N5O2/c1-2-16-3-6-18(7-4-16)29-25(33)20-14-28-32-10-9-23(30-24(20)32)31-11-12-34-15-22(31)19-13-17(26)5-8-21(19)27/h3-10,13-14,22H,2,11-12,15H2,1H3,(H,29,33). The molecular formula is C25H23F2N5O2. The van der Waals surface area contributed by atoms with Gasteiger partial charge in [-0.05, 0) is 48.4 Å². The molecule has 1 aliphatic rings. The van der Waals surface area contributed by atoms with Gasteiger partial charge in [0.05, 0.1) is 25.5 Å². The van der Waals surface area contributed by atoms with Gasteiger partial charge in [0.15, 0.2) is 5.65 Å². The molecule has 2 aromatic carbocycles. The van der Waals surface area contributed by atoms with Gasteiger partial charge in [-0.3, -0.25) is 4.79 Å². The van der Waals surface area contributed by atoms with Gasteiger partial charge in [0.2, 0.25) is 0 Å². The highest BCUT2D eigenvalue weighted by atomic mass is 19.1. The Hall–Kier alpha value is -3.85. The van der Waals surface area contributed by atoms with Crippen LogP contribution < -0.4 is 10.2 Å². The van der Waals surface area contributed by atoms with Crippen LogP contribution >= 0.6 is 0 Å². The molecule has 1 N–H and O–H groups in total. The molecule has 5 rings (SSSR count). The fourth-order valence-electron chi connectivity index (χ4n) is 4.11. The van der Waals surface area contributed by atoms with Crippen LogP contribution in [0.3, 0.4) is 0 Å². The summed E-state index contributed by atoms with van der Waals surface area (Å²) in [5.74, 6) is -0.849. The summed E-state index contributed by atoms with van der Waals surface area (Å²) >= 11 is 0. The molecule has 1 saturated heterocycles. The number of aryl methyl sites for hydroxylation is 1. The number of carbonyl (C=O) groups is 1. The van der Waals surface area contributed by atoms with Crippen LogP contribution in [0.2, 0.25) is 0 Å². The molecule has 7 nitrogen and oxygen atoms in total. The number of hydrogen-bond acceptors (Lipinski definition) is 5. The zero-order valence-corrected chi connectivity index (χ0v) is 18.5. The normalized spacial score (nSPS) is 16.1. The molecule has 4 aromatic rings. The topological polar surface area (TPSA) is 71.8 Å². The van der Waals surface area contributed by atoms with Crippen LogP contribution in [0.15, 0.2) is 60.9 Å². The van der Waals surface area contributed by atoms with Crippen LogP contribution in [0.4, 0.5) is 20.3 Å². The van der Waals surface area contributed by atoms with Gasteiger partial charge in [0, 0.05) is 24.0 Å². The molecular weight excluding hydrogens is 440 g/mol. The minimum atomic E-state index is -0.559. The van der Waals surface area contributed by atoms with Crippen LogP contribution in [0.5, 0.6) is 0 Å². The lowest BCUT2D eigenvalue weighted by molar-refractivity contribution is 0.0926. The van der Waals surface area contributed by atoms with E-state index in [0.717, 1.165) is 18.6 Å². The van der Waals surface area contributed by atoms with Crippen molar-refractivity contribution in [3.63, 3.8) is 0 Å². The minimum absolute atomic E-state index is 0.188. The van der Waals surface area contributed by atoms with Gasteiger partial charge in [-0.1, -0.05) is 19.1 Å². The molecule has 1 aliphatic heterocycles. The molecule has 0 spiro atoms. The summed E-state index contributed by atoms with van der Waals surface area (Å²) < 4.78 is 35.5. The third kappa shape index (κ3) is 4.22. The predicted octanol–water partition coefficient (Wildman–Crippen LogP) is 4.40. The first-order chi connectivity index (χ1) is 16.5. The Kier molecular flexibility index (Phi) is 5.93. The highest BCUT2D eigenvalue weighted by Gasteiger charge is 2.29. The number of morpholine rings is 1. The van der Waals surface area contributed by atoms with E-state index in [1.54, 1.807) is 12.3 Å². The number of rotatable bonds is 5. The Morgan fingerprint density at radius 3 is 2.79 bits per heavy atom. The highest BCUT2D eigenvalue weighted by molar-refractivity contribution is 6.08. The third-order valence-corrected chi connectivity index (χ3v) is 5.96. The molecule has 9 heteroatoms. The molecule has 34 heavy (non-hydrogen) atoms. The van der Waals surface area contributed by atoms with E-state index in [0.29, 0.717) is 35.9 Å². The Morgan fingerprint density at radius 2 is 2.00 bits per heavy atom. The molecule has 1 fully saturated rings. The molecule has 3 heterocycles. The number of halogens is 2. The van der Waals surface area contributed by atoms with Crippen LogP contribution in [-0.4, -0.2) is 40.3 Å². The van der Waals surface area contributed by atoms with Crippen molar-refractivity contribution in [2.24, 2.45) is 0 Å². The third-order valence-electron chi connectivity index (χ3n) is 5.96. The smallest absolute Gasteiger partial charge is 0.261 e. The summed E-state index contributed by atoms with van der Waals surface area (Å²) in [4.78, 5) is 19.5. The average molecular weight is 463 g/mol. The zero-order chi connectivity index (χ0) is 23.7. The lowest BCUT2D eigenvalue weighted by Crippen LogP contribution is -2.40. The fraction of sp³-hybridized carbons (Fsp3) is 0.240. The molecule has 1 atom stereocenters. The number of anilines is 2. The van der Waals surface area contributed by atoms with Crippen molar-refractivity contribution in [2.45, 2.75) is 19.4 Å². The summed E-state index contributed by atoms with van der Waals surface area (Å²) in [6, 6.07) is 12.2. The Balaban J connectivity index is 1.46. The number of ether oxygens (including phenoxy) is 1. The maximum Gasteiger partial charge on any atom is 0.261 e. The summed E-state index contributed by atoms with van der Waals surface area (Å²) in [5, 5.41) is 7.12. The second kappa shape index (κ2) is 9.18. The summed E-state index contributed by atoms with van der Waals surface area (Å²) in [7, 11) is 0. The molecule has 1 unspecified atom stereocenters. The van der Waals surface area contributed by atoms with Crippen molar-refractivity contribution in [1.29, 1.82) is 0 Å². The molecule has 0 aliphatic carbocycles. The predicted molar refractivity (Wildman–Crippen MR) is 124 cm³/mol. The van der Waals surface area contributed by atoms with Gasteiger partial charge in [-0.15, -0.1) is 0 Å². The van der Waals surface area contributed by atoms with Crippen molar-refractivity contribution in [3.8, 4) is 0 Å². The second-order valence-corrected chi connectivity index (χ2v) is 8.07. The number of hydrogen-bond donors (Lipinski definition) is 1. The van der Waals surface area contributed by atoms with Gasteiger partial charge in [0.1, 0.15) is 23.0 Å². The number of carbonyl (C=O) groups excluding carboxylic acids is 1. The summed E-state index contributed by atoms with van der Waals surface area (Å²) in [6.07, 6.45) is 4.07. The van der Waals surface area contributed by atoms with Crippen LogP contribution in [0.1, 0.15) is 34.5 Å². The number of amides is 1. The Morgan fingerprint density at radius 1 is 1.18 bits per heavy atom. The molecule has 0 saturated carbocycles. The van der Waals surface area contributed by atoms with Crippen molar-refractivity contribution >= 4 is 23.1 Å². The number of fused-ring (bicyclic) bond motifs is 1. The van der Waals surface area contributed by atoms with Crippen molar-refractivity contribution < 1.29 is 18.3 Å². The highest BCUT2D eigenvalue weighted by Crippen LogP contribution is 2.31. The first-order valence-corrected chi connectivity index (χ1v) is 11.1. The number of nitrogens with one attached hydrogen (secondary N) is 1. The van der Waals surface area contributed by atoms with Gasteiger partial charge in [-0.2, -0.15) is 5.10 Å². The monoisotopic (exact) mass is 463 g/mol. The quantitative estimate of drug-likeness (QED) is 0.475. The zero-order valence-electron chi connectivity index (χ0n) is 18.5. The van der Waals surface area contributed by atoms with E-state index in [-0.39, 0.29) is 18.1 Å². The van der Waals surface area contributed by atoms with Gasteiger partial charge in [-0.25, -0.2) is 18.3 Å². The first kappa shape index (κ1) is 22.0. The number of aromatic nitrogens is 3. The minimum Gasteiger partial charge on any atom is -0.377 e. The van der Waals surface area contributed by atoms with E-state index in [4.69, 9.17) is 4.74 Å². The summed E-state index contributed by atoms with van der Waals surface area (Å²) in [6.45, 7) is 3.11. The SMILES string of the molecule is CCc1ccc(NC(=O)c2cnn3ccc(N4CCOCC4c4cc(F)ccc4F)nc23)cc1. The lowest BCUT2D eigenvalue weighted by Gasteiger charge is -2.36. The average Bonchev–Trinajstić information content (AvgIpc) is 3.29. The van der Waals surface area contributed by atoms with E-state index in [1.165, 1.54) is 22.3 Å². The van der Waals surface area contributed by atoms with Crippen LogP contribution in [-0.2, 0) is 11.2 Å². The number of nitrogens with zero attached hydrogens (tertiary/aromatic N) is 4. The van der Waals surface area contributed by atoms with Crippen molar-refractivity contribution in [1.82, 2.24) is 14.6 Å². The Bertz CT molecular complexity index is 1340. The second-order valence-electron chi connectivity index (χ2n) is 8.07. The fourth-order valence-corrected chi connectivity index (χ4v) is 4.11. The van der Waals surface area contributed by atoms with E-state index < -0.39 is 17.7 Å². The molecule has 0 bridgehead atoms. The lowest BCUT2D eigenvalue weighted by atomic mass is 10.0. The molecule has 2 aromatic heterocycles. The Labute approximate surface area is 195 Å². The largest absolute Gasteiger partial charge is 0.377 e. The van der Waals surface area contributed by atoms with Crippen LogP contribution in [0.25, 0.3) is 5.65 Å². The first-order valence-electron chi connectivity index (χ1n) is 11.1. The van der Waals surface area contributed by atoms with E-state index in [2.05, 4.69) is 22.3 Å². The van der Waals surface area contributed by atoms with E-state index in [1.807, 2.05) is 29.2 Å². The van der Waals surface area contributed by atoms with Crippen molar-refractivity contribution in [2.75, 3.05) is 30.0 Å². The molecule has 0 radical (unpaired) electrons. The van der Waals surface area contributed by atoms with Gasteiger partial charge in [0.25, 0.3) is 5.91 Å². The van der Waals surface area contributed by atoms with Gasteiger partial charge >= 0.3 is 0 Å². The van der Waals surface area contributed by atoms with Crippen molar-refractivity contribution in [3.05, 3.63) is 89.2 Å². The maximum atomic E-state index is 14.5.